The van der Waals surface area contributed by atoms with Gasteiger partial charge in [0.25, 0.3) is 0 Å². The minimum Gasteiger partial charge on any atom is -0.482 e. The van der Waals surface area contributed by atoms with Crippen molar-refractivity contribution in [2.24, 2.45) is 0 Å². The van der Waals surface area contributed by atoms with Crippen LogP contribution in [0.4, 0.5) is 0 Å². The summed E-state index contributed by atoms with van der Waals surface area (Å²) in [4.78, 5) is 25.6. The number of hydrogen-bond donors (Lipinski definition) is 0. The molecule has 1 aliphatic carbocycles. The molecule has 5 rings (SSSR count). The number of thiophene rings is 1. The van der Waals surface area contributed by atoms with Crippen LogP contribution in [0, 0.1) is 0 Å². The van der Waals surface area contributed by atoms with Crippen LogP contribution < -0.4 is 4.74 Å². The quantitative estimate of drug-likeness (QED) is 0.161. The summed E-state index contributed by atoms with van der Waals surface area (Å²) in [6.45, 7) is 3.71. The molecule has 1 unspecified atom stereocenters. The minimum atomic E-state index is -0.539. The summed E-state index contributed by atoms with van der Waals surface area (Å²) in [5.74, 6) is -0.107. The highest BCUT2D eigenvalue weighted by molar-refractivity contribution is 7.50. The van der Waals surface area contributed by atoms with Gasteiger partial charge in [0.1, 0.15) is 11.4 Å². The Morgan fingerprint density at radius 2 is 1.69 bits per heavy atom. The van der Waals surface area contributed by atoms with Crippen molar-refractivity contribution in [3.63, 3.8) is 0 Å². The highest BCUT2D eigenvalue weighted by atomic mass is 32.2. The fourth-order valence-corrected chi connectivity index (χ4v) is 7.15. The highest BCUT2D eigenvalue weighted by Gasteiger charge is 2.34. The van der Waals surface area contributed by atoms with E-state index < -0.39 is 5.60 Å². The Hall–Kier alpha value is -3.64. The van der Waals surface area contributed by atoms with E-state index in [9.17, 15) is 9.59 Å². The van der Waals surface area contributed by atoms with Crippen molar-refractivity contribution in [2.45, 2.75) is 31.3 Å². The Labute approximate surface area is 206 Å². The number of carbonyl (C=O) groups is 2. The Kier molecular flexibility index (Phi) is 6.31. The fraction of sp³-hybridized carbons (Fsp3) is 0.241. The number of benzene rings is 3. The molecule has 5 nitrogen and oxygen atoms in total. The molecule has 4 aromatic rings. The largest absolute Gasteiger partial charge is 0.482 e. The van der Waals surface area contributed by atoms with Crippen LogP contribution in [0.1, 0.15) is 36.0 Å². The standard InChI is InChI=1S/C29H27O5S/c1-3-29(16-6-7-17-29)34-27(30)19-33-21-11-13-22(14-12-21)35-25-9-5-4-8-23(25)24-18-20(28(31)32-2)10-15-26(24)35/h3-5,8-15,18H,1,6-7,16-17,19H2,2H3/q+1. The summed E-state index contributed by atoms with van der Waals surface area (Å²) in [5, 5.41) is 2.18. The van der Waals surface area contributed by atoms with E-state index in [4.69, 9.17) is 14.2 Å². The molecule has 6 heteroatoms. The first-order chi connectivity index (χ1) is 17.0. The van der Waals surface area contributed by atoms with E-state index in [0.29, 0.717) is 11.3 Å². The normalized spacial score (nSPS) is 15.2. The first-order valence-electron chi connectivity index (χ1n) is 11.7. The second-order valence-corrected chi connectivity index (χ2v) is 10.7. The van der Waals surface area contributed by atoms with Gasteiger partial charge >= 0.3 is 11.9 Å². The van der Waals surface area contributed by atoms with Gasteiger partial charge in [0.05, 0.1) is 12.7 Å². The van der Waals surface area contributed by atoms with Gasteiger partial charge in [0.15, 0.2) is 20.9 Å². The SMILES string of the molecule is C=CC1(OC(=O)COc2ccc(-[s+]3c4ccccc4c4cc(C(=O)OC)ccc43)cc2)CCCC1. The summed E-state index contributed by atoms with van der Waals surface area (Å²) in [5.41, 5.74) is 0.000514. The molecular weight excluding hydrogens is 460 g/mol. The Bertz CT molecular complexity index is 1410. The maximum Gasteiger partial charge on any atom is 0.345 e. The summed E-state index contributed by atoms with van der Waals surface area (Å²) in [6, 6.07) is 21.9. The van der Waals surface area contributed by atoms with Crippen molar-refractivity contribution in [2.75, 3.05) is 13.7 Å². The summed E-state index contributed by atoms with van der Waals surface area (Å²) in [6.07, 6.45) is 5.48. The molecule has 0 aliphatic heterocycles. The van der Waals surface area contributed by atoms with Crippen LogP contribution in [-0.4, -0.2) is 31.3 Å². The number of carbonyl (C=O) groups excluding carboxylic acids is 2. The minimum absolute atomic E-state index is 0.136. The van der Waals surface area contributed by atoms with Gasteiger partial charge in [-0.05, 0) is 74.2 Å². The van der Waals surface area contributed by atoms with Gasteiger partial charge in [-0.2, -0.15) is 0 Å². The molecule has 0 amide bonds. The Morgan fingerprint density at radius 1 is 0.971 bits per heavy atom. The lowest BCUT2D eigenvalue weighted by atomic mass is 10.0. The lowest BCUT2D eigenvalue weighted by Crippen LogP contribution is -2.31. The third-order valence-corrected chi connectivity index (χ3v) is 8.91. The zero-order valence-corrected chi connectivity index (χ0v) is 20.4. The summed E-state index contributed by atoms with van der Waals surface area (Å²) >= 11 is 0. The number of ether oxygens (including phenoxy) is 3. The maximum atomic E-state index is 12.4. The van der Waals surface area contributed by atoms with Crippen molar-refractivity contribution < 1.29 is 23.8 Å². The van der Waals surface area contributed by atoms with Gasteiger partial charge in [-0.3, -0.25) is 0 Å². The first-order valence-corrected chi connectivity index (χ1v) is 12.9. The number of hydrogen-bond acceptors (Lipinski definition) is 5. The van der Waals surface area contributed by atoms with E-state index >= 15 is 0 Å². The molecule has 0 saturated heterocycles. The average Bonchev–Trinajstić information content (AvgIpc) is 3.50. The average molecular weight is 488 g/mol. The molecular formula is C29H27O5S+. The van der Waals surface area contributed by atoms with Crippen LogP contribution in [0.5, 0.6) is 5.75 Å². The van der Waals surface area contributed by atoms with Gasteiger partial charge in [0.2, 0.25) is 0 Å². The second-order valence-electron chi connectivity index (χ2n) is 8.72. The smallest absolute Gasteiger partial charge is 0.345 e. The predicted molar refractivity (Wildman–Crippen MR) is 140 cm³/mol. The van der Waals surface area contributed by atoms with E-state index in [-0.39, 0.29) is 29.0 Å². The number of methoxy groups -OCH3 is 1. The molecule has 178 valence electrons. The van der Waals surface area contributed by atoms with Crippen molar-refractivity contribution >= 4 is 42.6 Å². The second kappa shape index (κ2) is 9.55. The predicted octanol–water partition coefficient (Wildman–Crippen LogP) is 6.94. The molecule has 0 N–H and O–H groups in total. The molecule has 1 aromatic heterocycles. The monoisotopic (exact) mass is 487 g/mol. The fourth-order valence-electron chi connectivity index (χ4n) is 4.79. The van der Waals surface area contributed by atoms with Crippen molar-refractivity contribution in [1.29, 1.82) is 0 Å². The first kappa shape index (κ1) is 23.1. The molecule has 0 spiro atoms. The van der Waals surface area contributed by atoms with Crippen LogP contribution in [-0.2, 0) is 14.3 Å². The van der Waals surface area contributed by atoms with E-state index in [2.05, 4.69) is 18.7 Å². The van der Waals surface area contributed by atoms with E-state index in [1.54, 1.807) is 6.08 Å². The summed E-state index contributed by atoms with van der Waals surface area (Å²) in [7, 11) is 1.09. The maximum absolute atomic E-state index is 12.4. The topological polar surface area (TPSA) is 61.8 Å². The zero-order valence-electron chi connectivity index (χ0n) is 19.6. The molecule has 1 saturated carbocycles. The van der Waals surface area contributed by atoms with Gasteiger partial charge in [-0.15, -0.1) is 0 Å². The van der Waals surface area contributed by atoms with E-state index in [1.807, 2.05) is 54.6 Å². The van der Waals surface area contributed by atoms with Gasteiger partial charge in [0, 0.05) is 33.4 Å². The van der Waals surface area contributed by atoms with Gasteiger partial charge < -0.3 is 14.2 Å². The third-order valence-electron chi connectivity index (χ3n) is 6.57. The van der Waals surface area contributed by atoms with E-state index in [1.165, 1.54) is 16.5 Å². The van der Waals surface area contributed by atoms with Gasteiger partial charge in [-0.1, -0.05) is 18.7 Å². The van der Waals surface area contributed by atoms with Crippen molar-refractivity contribution in [1.82, 2.24) is 0 Å². The molecule has 35 heavy (non-hydrogen) atoms. The van der Waals surface area contributed by atoms with Crippen LogP contribution in [0.2, 0.25) is 0 Å². The number of rotatable bonds is 7. The van der Waals surface area contributed by atoms with Crippen LogP contribution >= 0.6 is 10.5 Å². The van der Waals surface area contributed by atoms with E-state index in [0.717, 1.165) is 41.4 Å². The van der Waals surface area contributed by atoms with Crippen molar-refractivity contribution in [3.05, 3.63) is 84.9 Å². The molecule has 1 heterocycles. The third kappa shape index (κ3) is 4.42. The lowest BCUT2D eigenvalue weighted by Gasteiger charge is -2.25. The number of esters is 2. The van der Waals surface area contributed by atoms with Crippen molar-refractivity contribution in [3.8, 4) is 10.6 Å². The Balaban J connectivity index is 1.39. The van der Waals surface area contributed by atoms with Crippen LogP contribution in [0.15, 0.2) is 79.4 Å². The van der Waals surface area contributed by atoms with Crippen LogP contribution in [0.25, 0.3) is 25.1 Å². The Morgan fingerprint density at radius 3 is 2.40 bits per heavy atom. The summed E-state index contributed by atoms with van der Waals surface area (Å²) < 4.78 is 18.7. The van der Waals surface area contributed by atoms with Crippen LogP contribution in [0.3, 0.4) is 0 Å². The molecule has 3 aromatic carbocycles. The molecule has 1 fully saturated rings. The molecule has 0 radical (unpaired) electrons. The molecule has 1 atom stereocenters. The molecule has 1 aliphatic rings. The zero-order chi connectivity index (χ0) is 24.4. The highest BCUT2D eigenvalue weighted by Crippen LogP contribution is 2.48. The van der Waals surface area contributed by atoms with Gasteiger partial charge in [-0.25, -0.2) is 9.59 Å². The number of fused-ring (bicyclic) bond motifs is 3. The lowest BCUT2D eigenvalue weighted by molar-refractivity contribution is -0.157. The molecule has 0 bridgehead atoms.